The lowest BCUT2D eigenvalue weighted by Gasteiger charge is -2.34. The van der Waals surface area contributed by atoms with E-state index in [1.165, 1.54) is 5.56 Å². The van der Waals surface area contributed by atoms with E-state index in [-0.39, 0.29) is 11.8 Å². The number of carbonyl (C=O) groups excluding carboxylic acids is 1. The summed E-state index contributed by atoms with van der Waals surface area (Å²) in [6.07, 6.45) is 1.20. The van der Waals surface area contributed by atoms with E-state index in [4.69, 9.17) is 0 Å². The van der Waals surface area contributed by atoms with Crippen LogP contribution in [-0.2, 0) is 0 Å². The van der Waals surface area contributed by atoms with E-state index in [0.29, 0.717) is 13.1 Å². The zero-order chi connectivity index (χ0) is 19.0. The molecule has 4 rings (SSSR count). The number of aromatic amines is 1. The molecule has 3 aromatic rings. The van der Waals surface area contributed by atoms with Crippen molar-refractivity contribution < 1.29 is 9.90 Å². The molecule has 0 radical (unpaired) electrons. The molecule has 2 aromatic carbocycles. The topological polar surface area (TPSA) is 56.3 Å². The molecule has 1 aliphatic rings. The fraction of sp³-hybridized carbons (Fsp3) is 0.348. The Morgan fingerprint density at radius 1 is 1.11 bits per heavy atom. The van der Waals surface area contributed by atoms with Gasteiger partial charge in [-0.05, 0) is 61.9 Å². The van der Waals surface area contributed by atoms with Gasteiger partial charge in [0.05, 0.1) is 6.10 Å². The van der Waals surface area contributed by atoms with Gasteiger partial charge in [-0.1, -0.05) is 30.3 Å². The van der Waals surface area contributed by atoms with Gasteiger partial charge in [-0.25, -0.2) is 0 Å². The minimum Gasteiger partial charge on any atom is -0.388 e. The van der Waals surface area contributed by atoms with Gasteiger partial charge in [0.1, 0.15) is 0 Å². The smallest absolute Gasteiger partial charge is 0.253 e. The van der Waals surface area contributed by atoms with Gasteiger partial charge in [0.15, 0.2) is 0 Å². The summed E-state index contributed by atoms with van der Waals surface area (Å²) in [7, 11) is 0. The van der Waals surface area contributed by atoms with Crippen LogP contribution in [0.15, 0.2) is 48.5 Å². The number of piperidine rings is 1. The van der Waals surface area contributed by atoms with E-state index in [0.717, 1.165) is 40.6 Å². The van der Waals surface area contributed by atoms with Gasteiger partial charge in [-0.2, -0.15) is 0 Å². The molecule has 27 heavy (non-hydrogen) atoms. The summed E-state index contributed by atoms with van der Waals surface area (Å²) in [6.45, 7) is 5.52. The third kappa shape index (κ3) is 3.37. The number of amides is 1. The molecular formula is C23H26N2O2. The summed E-state index contributed by atoms with van der Waals surface area (Å²) >= 11 is 0. The first-order valence-corrected chi connectivity index (χ1v) is 9.66. The molecule has 4 nitrogen and oxygen atoms in total. The lowest BCUT2D eigenvalue weighted by Crippen LogP contribution is -2.39. The third-order valence-corrected chi connectivity index (χ3v) is 5.97. The number of aryl methyl sites for hydroxylation is 2. The molecular weight excluding hydrogens is 336 g/mol. The lowest BCUT2D eigenvalue weighted by molar-refractivity contribution is 0.0462. The van der Waals surface area contributed by atoms with E-state index in [1.54, 1.807) is 0 Å². The van der Waals surface area contributed by atoms with Crippen molar-refractivity contribution in [2.75, 3.05) is 13.1 Å². The minimum atomic E-state index is -0.453. The number of aliphatic hydroxyl groups is 1. The van der Waals surface area contributed by atoms with E-state index in [1.807, 2.05) is 53.4 Å². The Morgan fingerprint density at radius 3 is 2.52 bits per heavy atom. The molecule has 1 unspecified atom stereocenters. The summed E-state index contributed by atoms with van der Waals surface area (Å²) in [4.78, 5) is 18.2. The van der Waals surface area contributed by atoms with Gasteiger partial charge in [0.25, 0.3) is 5.91 Å². The number of rotatable bonds is 3. The molecule has 1 aliphatic heterocycles. The van der Waals surface area contributed by atoms with Crippen LogP contribution in [0.5, 0.6) is 0 Å². The van der Waals surface area contributed by atoms with Crippen LogP contribution < -0.4 is 0 Å². The maximum Gasteiger partial charge on any atom is 0.253 e. The monoisotopic (exact) mass is 362 g/mol. The largest absolute Gasteiger partial charge is 0.388 e. The summed E-state index contributed by atoms with van der Waals surface area (Å²) in [6, 6.07) is 15.7. The van der Waals surface area contributed by atoms with Crippen molar-refractivity contribution in [3.8, 4) is 0 Å². The van der Waals surface area contributed by atoms with Gasteiger partial charge in [0.2, 0.25) is 0 Å². The van der Waals surface area contributed by atoms with Gasteiger partial charge >= 0.3 is 0 Å². The molecule has 1 amide bonds. The predicted molar refractivity (Wildman–Crippen MR) is 108 cm³/mol. The van der Waals surface area contributed by atoms with Crippen molar-refractivity contribution in [3.05, 3.63) is 70.9 Å². The van der Waals surface area contributed by atoms with Gasteiger partial charge in [-0.15, -0.1) is 0 Å². The van der Waals surface area contributed by atoms with Crippen LogP contribution >= 0.6 is 0 Å². The number of aromatic nitrogens is 1. The van der Waals surface area contributed by atoms with Crippen LogP contribution in [0.2, 0.25) is 0 Å². The fourth-order valence-corrected chi connectivity index (χ4v) is 4.12. The minimum absolute atomic E-state index is 0.0859. The van der Waals surface area contributed by atoms with Crippen molar-refractivity contribution in [2.45, 2.75) is 32.8 Å². The molecule has 0 saturated carbocycles. The molecule has 1 fully saturated rings. The normalized spacial score (nSPS) is 16.6. The lowest BCUT2D eigenvalue weighted by atomic mass is 9.87. The molecule has 1 saturated heterocycles. The quantitative estimate of drug-likeness (QED) is 0.727. The Balaban J connectivity index is 1.45. The van der Waals surface area contributed by atoms with Crippen LogP contribution in [0.1, 0.15) is 46.1 Å². The standard InChI is InChI=1S/C23H26N2O2/c1-15-16(2)24-21-9-8-19(14-20(15)21)23(27)25-12-10-18(11-13-25)22(26)17-6-4-3-5-7-17/h3-9,14,18,22,24,26H,10-13H2,1-2H3. The van der Waals surface area contributed by atoms with Crippen LogP contribution in [0, 0.1) is 19.8 Å². The van der Waals surface area contributed by atoms with Crippen LogP contribution in [-0.4, -0.2) is 34.0 Å². The first-order valence-electron chi connectivity index (χ1n) is 9.66. The van der Waals surface area contributed by atoms with Gasteiger partial charge in [-0.3, -0.25) is 4.79 Å². The Bertz CT molecular complexity index is 953. The number of H-pyrrole nitrogens is 1. The molecule has 0 spiro atoms. The van der Waals surface area contributed by atoms with Crippen molar-refractivity contribution in [1.82, 2.24) is 9.88 Å². The maximum absolute atomic E-state index is 13.0. The maximum atomic E-state index is 13.0. The third-order valence-electron chi connectivity index (χ3n) is 5.97. The number of nitrogens with zero attached hydrogens (tertiary/aromatic N) is 1. The zero-order valence-corrected chi connectivity index (χ0v) is 15.9. The predicted octanol–water partition coefficient (Wildman–Crippen LogP) is 4.37. The van der Waals surface area contributed by atoms with Crippen LogP contribution in [0.3, 0.4) is 0 Å². The number of likely N-dealkylation sites (tertiary alicyclic amines) is 1. The number of hydrogen-bond donors (Lipinski definition) is 2. The second kappa shape index (κ2) is 7.20. The average molecular weight is 362 g/mol. The highest BCUT2D eigenvalue weighted by molar-refractivity contribution is 5.99. The fourth-order valence-electron chi connectivity index (χ4n) is 4.12. The van der Waals surface area contributed by atoms with E-state index in [2.05, 4.69) is 18.8 Å². The van der Waals surface area contributed by atoms with Gasteiger partial charge in [0, 0.05) is 35.2 Å². The molecule has 140 valence electrons. The Hall–Kier alpha value is -2.59. The van der Waals surface area contributed by atoms with Crippen molar-refractivity contribution >= 4 is 16.8 Å². The van der Waals surface area contributed by atoms with E-state index in [9.17, 15) is 9.90 Å². The molecule has 1 aromatic heterocycles. The summed E-state index contributed by atoms with van der Waals surface area (Å²) in [5.74, 6) is 0.288. The number of aliphatic hydroxyl groups excluding tert-OH is 1. The number of fused-ring (bicyclic) bond motifs is 1. The summed E-state index contributed by atoms with van der Waals surface area (Å²) in [5.41, 5.74) is 5.12. The average Bonchev–Trinajstić information content (AvgIpc) is 3.01. The Morgan fingerprint density at radius 2 is 1.81 bits per heavy atom. The van der Waals surface area contributed by atoms with E-state index >= 15 is 0 Å². The van der Waals surface area contributed by atoms with Crippen LogP contribution in [0.4, 0.5) is 0 Å². The first kappa shape index (κ1) is 17.8. The number of hydrogen-bond acceptors (Lipinski definition) is 2. The molecule has 2 N–H and O–H groups in total. The molecule has 2 heterocycles. The van der Waals surface area contributed by atoms with E-state index < -0.39 is 6.10 Å². The van der Waals surface area contributed by atoms with Crippen LogP contribution in [0.25, 0.3) is 10.9 Å². The molecule has 0 bridgehead atoms. The highest BCUT2D eigenvalue weighted by Crippen LogP contribution is 2.31. The second-order valence-corrected chi connectivity index (χ2v) is 7.62. The van der Waals surface area contributed by atoms with Crippen molar-refractivity contribution in [3.63, 3.8) is 0 Å². The number of nitrogens with one attached hydrogen (secondary N) is 1. The number of benzene rings is 2. The Labute approximate surface area is 159 Å². The number of carbonyl (C=O) groups is 1. The summed E-state index contributed by atoms with van der Waals surface area (Å²) in [5, 5.41) is 11.7. The second-order valence-electron chi connectivity index (χ2n) is 7.62. The molecule has 4 heteroatoms. The zero-order valence-electron chi connectivity index (χ0n) is 15.9. The van der Waals surface area contributed by atoms with Crippen molar-refractivity contribution in [2.24, 2.45) is 5.92 Å². The molecule has 1 atom stereocenters. The highest BCUT2D eigenvalue weighted by atomic mass is 16.3. The summed E-state index contributed by atoms with van der Waals surface area (Å²) < 4.78 is 0. The SMILES string of the molecule is Cc1[nH]c2ccc(C(=O)N3CCC(C(O)c4ccccc4)CC3)cc2c1C. The van der Waals surface area contributed by atoms with Crippen molar-refractivity contribution in [1.29, 1.82) is 0 Å². The highest BCUT2D eigenvalue weighted by Gasteiger charge is 2.28. The Kier molecular flexibility index (Phi) is 4.75. The first-order chi connectivity index (χ1) is 13.0. The van der Waals surface area contributed by atoms with Gasteiger partial charge < -0.3 is 15.0 Å². The molecule has 0 aliphatic carbocycles.